The van der Waals surface area contributed by atoms with Gasteiger partial charge in [-0.1, -0.05) is 24.3 Å². The summed E-state index contributed by atoms with van der Waals surface area (Å²) in [7, 11) is -3.35. The van der Waals surface area contributed by atoms with Gasteiger partial charge in [0.15, 0.2) is 0 Å². The predicted molar refractivity (Wildman–Crippen MR) is 108 cm³/mol. The lowest BCUT2D eigenvalue weighted by atomic mass is 10.1. The van der Waals surface area contributed by atoms with Gasteiger partial charge in [0.2, 0.25) is 15.9 Å². The number of ether oxygens (including phenoxy) is 1. The first-order chi connectivity index (χ1) is 13.2. The van der Waals surface area contributed by atoms with Crippen molar-refractivity contribution < 1.29 is 17.9 Å². The van der Waals surface area contributed by atoms with Crippen molar-refractivity contribution in [3.05, 3.63) is 35.4 Å². The fraction of sp³-hybridized carbons (Fsp3) is 0.650. The lowest BCUT2D eigenvalue weighted by Crippen LogP contribution is -2.45. The molecule has 0 saturated carbocycles. The molecule has 28 heavy (non-hydrogen) atoms. The van der Waals surface area contributed by atoms with Gasteiger partial charge in [0.1, 0.15) is 6.04 Å². The summed E-state index contributed by atoms with van der Waals surface area (Å²) < 4.78 is 30.7. The zero-order valence-electron chi connectivity index (χ0n) is 16.9. The van der Waals surface area contributed by atoms with E-state index in [0.29, 0.717) is 19.5 Å². The maximum atomic E-state index is 12.4. The number of nitrogens with zero attached hydrogens (tertiary/aromatic N) is 2. The zero-order valence-corrected chi connectivity index (χ0v) is 17.7. The maximum absolute atomic E-state index is 12.4. The minimum atomic E-state index is -3.35. The van der Waals surface area contributed by atoms with Crippen LogP contribution in [0.15, 0.2) is 24.3 Å². The molecule has 8 heteroatoms. The minimum Gasteiger partial charge on any atom is -0.373 e. The molecule has 156 valence electrons. The first kappa shape index (κ1) is 21.2. The topological polar surface area (TPSA) is 79.0 Å². The van der Waals surface area contributed by atoms with E-state index in [-0.39, 0.29) is 18.1 Å². The Balaban J connectivity index is 1.51. The molecule has 0 spiro atoms. The average Bonchev–Trinajstić information content (AvgIpc) is 3.10. The van der Waals surface area contributed by atoms with Crippen LogP contribution in [0.4, 0.5) is 0 Å². The molecule has 3 rings (SSSR count). The predicted octanol–water partition coefficient (Wildman–Crippen LogP) is 1.34. The van der Waals surface area contributed by atoms with Gasteiger partial charge in [-0.25, -0.2) is 8.42 Å². The molecular formula is C20H31N3O4S. The number of amides is 1. The van der Waals surface area contributed by atoms with Crippen molar-refractivity contribution in [3.63, 3.8) is 0 Å². The van der Waals surface area contributed by atoms with Gasteiger partial charge in [0.05, 0.1) is 18.5 Å². The second-order valence-electron chi connectivity index (χ2n) is 8.02. The van der Waals surface area contributed by atoms with Gasteiger partial charge in [-0.05, 0) is 37.8 Å². The molecule has 2 saturated heterocycles. The highest BCUT2D eigenvalue weighted by molar-refractivity contribution is 7.88. The molecular weight excluding hydrogens is 378 g/mol. The van der Waals surface area contributed by atoms with Crippen LogP contribution >= 0.6 is 0 Å². The van der Waals surface area contributed by atoms with Crippen LogP contribution in [0.25, 0.3) is 0 Å². The third-order valence-corrected chi connectivity index (χ3v) is 6.61. The summed E-state index contributed by atoms with van der Waals surface area (Å²) in [6.07, 6.45) is 2.96. The van der Waals surface area contributed by atoms with E-state index in [1.165, 1.54) is 9.87 Å². The largest absolute Gasteiger partial charge is 0.373 e. The summed E-state index contributed by atoms with van der Waals surface area (Å²) >= 11 is 0. The molecule has 2 aliphatic rings. The van der Waals surface area contributed by atoms with E-state index in [2.05, 4.69) is 36.2 Å². The number of carbonyl (C=O) groups excluding carboxylic acids is 1. The van der Waals surface area contributed by atoms with Crippen molar-refractivity contribution in [2.24, 2.45) is 0 Å². The first-order valence-electron chi connectivity index (χ1n) is 9.92. The summed E-state index contributed by atoms with van der Waals surface area (Å²) in [5, 5.41) is 2.88. The number of carbonyl (C=O) groups is 1. The van der Waals surface area contributed by atoms with Crippen LogP contribution in [-0.4, -0.2) is 67.7 Å². The van der Waals surface area contributed by atoms with Crippen LogP contribution in [0.3, 0.4) is 0 Å². The normalized spacial score (nSPS) is 27.0. The number of hydrogen-bond donors (Lipinski definition) is 1. The lowest BCUT2D eigenvalue weighted by Gasteiger charge is -2.35. The maximum Gasteiger partial charge on any atom is 0.238 e. The quantitative estimate of drug-likeness (QED) is 0.767. The number of morpholine rings is 1. The molecule has 2 fully saturated rings. The van der Waals surface area contributed by atoms with Crippen LogP contribution in [0.5, 0.6) is 0 Å². The SMILES string of the molecule is CC1CN(Cc2ccc(CNC(=O)C3CCCN3S(C)(=O)=O)cc2)CC(C)O1. The van der Waals surface area contributed by atoms with Crippen LogP contribution in [-0.2, 0) is 32.6 Å². The Labute approximate surface area is 168 Å². The Morgan fingerprint density at radius 2 is 1.75 bits per heavy atom. The fourth-order valence-corrected chi connectivity index (χ4v) is 5.26. The fourth-order valence-electron chi connectivity index (χ4n) is 4.14. The van der Waals surface area contributed by atoms with Crippen molar-refractivity contribution in [2.45, 2.75) is 58.0 Å². The molecule has 0 bridgehead atoms. The smallest absolute Gasteiger partial charge is 0.238 e. The van der Waals surface area contributed by atoms with Crippen molar-refractivity contribution in [1.29, 1.82) is 0 Å². The Hall–Kier alpha value is -1.48. The van der Waals surface area contributed by atoms with E-state index in [9.17, 15) is 13.2 Å². The van der Waals surface area contributed by atoms with Crippen molar-refractivity contribution in [3.8, 4) is 0 Å². The molecule has 1 N–H and O–H groups in total. The van der Waals surface area contributed by atoms with E-state index in [4.69, 9.17) is 4.74 Å². The van der Waals surface area contributed by atoms with Gasteiger partial charge >= 0.3 is 0 Å². The highest BCUT2D eigenvalue weighted by Crippen LogP contribution is 2.20. The Morgan fingerprint density at radius 3 is 2.36 bits per heavy atom. The van der Waals surface area contributed by atoms with Crippen LogP contribution in [0, 0.1) is 0 Å². The van der Waals surface area contributed by atoms with Crippen molar-refractivity contribution >= 4 is 15.9 Å². The van der Waals surface area contributed by atoms with Gasteiger partial charge < -0.3 is 10.1 Å². The second-order valence-corrected chi connectivity index (χ2v) is 9.95. The molecule has 0 radical (unpaired) electrons. The number of nitrogens with one attached hydrogen (secondary N) is 1. The van der Waals surface area contributed by atoms with Gasteiger partial charge in [-0.2, -0.15) is 4.31 Å². The standard InChI is InChI=1S/C20H31N3O4S/c1-15-12-22(13-16(2)27-15)14-18-8-6-17(7-9-18)11-21-20(24)19-5-4-10-23(19)28(3,25)26/h6-9,15-16,19H,4-5,10-14H2,1-3H3,(H,21,24). The summed E-state index contributed by atoms with van der Waals surface area (Å²) in [6.45, 7) is 7.77. The van der Waals surface area contributed by atoms with Crippen LogP contribution in [0.2, 0.25) is 0 Å². The molecule has 3 atom stereocenters. The lowest BCUT2D eigenvalue weighted by molar-refractivity contribution is -0.124. The van der Waals surface area contributed by atoms with Crippen molar-refractivity contribution in [1.82, 2.24) is 14.5 Å². The summed E-state index contributed by atoms with van der Waals surface area (Å²) in [5.74, 6) is -0.219. The van der Waals surface area contributed by atoms with Gasteiger partial charge in [0, 0.05) is 32.7 Å². The Bertz CT molecular complexity index is 771. The van der Waals surface area contributed by atoms with E-state index in [1.54, 1.807) is 0 Å². The summed E-state index contributed by atoms with van der Waals surface area (Å²) in [4.78, 5) is 14.8. The highest BCUT2D eigenvalue weighted by Gasteiger charge is 2.36. The third-order valence-electron chi connectivity index (χ3n) is 5.32. The van der Waals surface area contributed by atoms with E-state index < -0.39 is 16.1 Å². The molecule has 3 unspecified atom stereocenters. The molecule has 2 aliphatic heterocycles. The number of hydrogen-bond acceptors (Lipinski definition) is 5. The molecule has 1 amide bonds. The highest BCUT2D eigenvalue weighted by atomic mass is 32.2. The van der Waals surface area contributed by atoms with Gasteiger partial charge in [0.25, 0.3) is 0 Å². The second kappa shape index (κ2) is 8.90. The molecule has 1 aromatic rings. The van der Waals surface area contributed by atoms with Crippen LogP contribution in [0.1, 0.15) is 37.8 Å². The molecule has 2 heterocycles. The van der Waals surface area contributed by atoms with Crippen molar-refractivity contribution in [2.75, 3.05) is 25.9 Å². The molecule has 0 aliphatic carbocycles. The van der Waals surface area contributed by atoms with E-state index >= 15 is 0 Å². The number of sulfonamides is 1. The van der Waals surface area contributed by atoms with Gasteiger partial charge in [-0.3, -0.25) is 9.69 Å². The molecule has 7 nitrogen and oxygen atoms in total. The minimum absolute atomic E-state index is 0.219. The Morgan fingerprint density at radius 1 is 1.14 bits per heavy atom. The van der Waals surface area contributed by atoms with Crippen LogP contribution < -0.4 is 5.32 Å². The molecule has 1 aromatic carbocycles. The summed E-state index contributed by atoms with van der Waals surface area (Å²) in [6, 6.07) is 7.63. The number of rotatable bonds is 6. The monoisotopic (exact) mass is 409 g/mol. The van der Waals surface area contributed by atoms with Gasteiger partial charge in [-0.15, -0.1) is 0 Å². The third kappa shape index (κ3) is 5.53. The summed E-state index contributed by atoms with van der Waals surface area (Å²) in [5.41, 5.74) is 2.24. The average molecular weight is 410 g/mol. The molecule has 0 aromatic heterocycles. The zero-order chi connectivity index (χ0) is 20.3. The first-order valence-corrected chi connectivity index (χ1v) is 11.8. The number of benzene rings is 1. The van der Waals surface area contributed by atoms with E-state index in [1.807, 2.05) is 12.1 Å². The van der Waals surface area contributed by atoms with E-state index in [0.717, 1.165) is 37.9 Å². The Kier molecular flexibility index (Phi) is 6.75.